The zero-order chi connectivity index (χ0) is 16.8. The van der Waals surface area contributed by atoms with Crippen molar-refractivity contribution in [3.8, 4) is 0 Å². The average Bonchev–Trinajstić information content (AvgIpc) is 3.03. The van der Waals surface area contributed by atoms with Gasteiger partial charge in [-0.1, -0.05) is 42.7 Å². The molecule has 0 saturated carbocycles. The number of rotatable bonds is 7. The van der Waals surface area contributed by atoms with E-state index in [1.807, 2.05) is 6.92 Å². The van der Waals surface area contributed by atoms with Gasteiger partial charge in [0.05, 0.1) is 5.69 Å². The van der Waals surface area contributed by atoms with Crippen molar-refractivity contribution in [2.75, 3.05) is 5.32 Å². The second-order valence-corrected chi connectivity index (χ2v) is 6.61. The first-order valence-electron chi connectivity index (χ1n) is 7.51. The van der Waals surface area contributed by atoms with Crippen molar-refractivity contribution < 1.29 is 4.79 Å². The van der Waals surface area contributed by atoms with Gasteiger partial charge in [0.15, 0.2) is 0 Å². The van der Waals surface area contributed by atoms with Crippen LogP contribution in [0.5, 0.6) is 0 Å². The van der Waals surface area contributed by atoms with Crippen molar-refractivity contribution in [2.45, 2.75) is 39.5 Å². The van der Waals surface area contributed by atoms with Gasteiger partial charge in [0.25, 0.3) is 0 Å². The van der Waals surface area contributed by atoms with Crippen LogP contribution >= 0.6 is 22.9 Å². The largest absolute Gasteiger partial charge is 0.297 e. The Morgan fingerprint density at radius 1 is 1.39 bits per heavy atom. The summed E-state index contributed by atoms with van der Waals surface area (Å²) in [4.78, 5) is 12.0. The number of hydrogen-bond donors (Lipinski definition) is 1. The minimum absolute atomic E-state index is 0.263. The van der Waals surface area contributed by atoms with Gasteiger partial charge in [-0.2, -0.15) is 5.10 Å². The molecule has 2 aromatic rings. The number of anilines is 1. The van der Waals surface area contributed by atoms with Crippen LogP contribution < -0.4 is 5.32 Å². The van der Waals surface area contributed by atoms with Crippen molar-refractivity contribution in [3.63, 3.8) is 0 Å². The molecule has 0 saturated heterocycles. The molecular weight excluding hydrogens is 334 g/mol. The number of carbonyl (C=O) groups is 1. The van der Waals surface area contributed by atoms with Crippen LogP contribution in [0.4, 0.5) is 5.13 Å². The number of nitrogens with zero attached hydrogens (tertiary/aromatic N) is 4. The van der Waals surface area contributed by atoms with Gasteiger partial charge in [0, 0.05) is 25.1 Å². The fourth-order valence-electron chi connectivity index (χ4n) is 2.07. The van der Waals surface area contributed by atoms with Crippen molar-refractivity contribution in [1.82, 2.24) is 20.0 Å². The summed E-state index contributed by atoms with van der Waals surface area (Å²) in [5.74, 6) is -0.263. The van der Waals surface area contributed by atoms with Crippen molar-refractivity contribution in [2.24, 2.45) is 7.05 Å². The van der Waals surface area contributed by atoms with Crippen molar-refractivity contribution >= 4 is 40.1 Å². The lowest BCUT2D eigenvalue weighted by Gasteiger charge is -1.95. The number of unbranched alkanes of at least 4 members (excludes halogenated alkanes) is 2. The van der Waals surface area contributed by atoms with Gasteiger partial charge < -0.3 is 0 Å². The van der Waals surface area contributed by atoms with E-state index in [0.29, 0.717) is 10.3 Å². The quantitative estimate of drug-likeness (QED) is 0.609. The predicted molar refractivity (Wildman–Crippen MR) is 93.8 cm³/mol. The highest BCUT2D eigenvalue weighted by Gasteiger charge is 2.09. The molecule has 0 spiro atoms. The van der Waals surface area contributed by atoms with E-state index in [1.54, 1.807) is 17.8 Å². The fraction of sp³-hybridized carbons (Fsp3) is 0.467. The summed E-state index contributed by atoms with van der Waals surface area (Å²) >= 11 is 7.53. The third kappa shape index (κ3) is 4.87. The lowest BCUT2D eigenvalue weighted by molar-refractivity contribution is -0.111. The zero-order valence-corrected chi connectivity index (χ0v) is 15.0. The maximum Gasteiger partial charge on any atom is 0.250 e. The number of aromatic nitrogens is 4. The summed E-state index contributed by atoms with van der Waals surface area (Å²) in [6.07, 6.45) is 7.43. The van der Waals surface area contributed by atoms with Gasteiger partial charge in [0.2, 0.25) is 11.0 Å². The van der Waals surface area contributed by atoms with E-state index < -0.39 is 0 Å². The molecule has 2 aromatic heterocycles. The number of halogens is 1. The topological polar surface area (TPSA) is 72.7 Å². The van der Waals surface area contributed by atoms with Gasteiger partial charge in [-0.15, -0.1) is 10.2 Å². The minimum atomic E-state index is -0.263. The molecule has 6 nitrogen and oxygen atoms in total. The van der Waals surface area contributed by atoms with Crippen LogP contribution in [0, 0.1) is 6.92 Å². The van der Waals surface area contributed by atoms with E-state index in [-0.39, 0.29) is 5.91 Å². The van der Waals surface area contributed by atoms with Crippen LogP contribution in [0.1, 0.15) is 42.5 Å². The first kappa shape index (κ1) is 17.6. The lowest BCUT2D eigenvalue weighted by Crippen LogP contribution is -2.07. The maximum atomic E-state index is 12.0. The van der Waals surface area contributed by atoms with E-state index >= 15 is 0 Å². The first-order valence-corrected chi connectivity index (χ1v) is 8.71. The van der Waals surface area contributed by atoms with Crippen LogP contribution in [-0.4, -0.2) is 25.9 Å². The van der Waals surface area contributed by atoms with Crippen molar-refractivity contribution in [3.05, 3.63) is 27.5 Å². The van der Waals surface area contributed by atoms with Crippen LogP contribution in [0.2, 0.25) is 5.15 Å². The van der Waals surface area contributed by atoms with Gasteiger partial charge in [0.1, 0.15) is 10.2 Å². The molecule has 0 atom stereocenters. The molecule has 0 aliphatic rings. The van der Waals surface area contributed by atoms with Crippen molar-refractivity contribution in [1.29, 1.82) is 0 Å². The number of amides is 1. The first-order chi connectivity index (χ1) is 11.0. The van der Waals surface area contributed by atoms with Gasteiger partial charge in [-0.05, 0) is 19.4 Å². The van der Waals surface area contributed by atoms with E-state index in [4.69, 9.17) is 11.6 Å². The van der Waals surface area contributed by atoms with Crippen LogP contribution in [0.3, 0.4) is 0 Å². The van der Waals surface area contributed by atoms with Crippen LogP contribution in [0.25, 0.3) is 6.08 Å². The highest BCUT2D eigenvalue weighted by Crippen LogP contribution is 2.20. The Morgan fingerprint density at radius 3 is 2.83 bits per heavy atom. The van der Waals surface area contributed by atoms with E-state index in [1.165, 1.54) is 30.3 Å². The SMILES string of the molecule is CCCCCc1nnc(NC(=O)/C=C/c2c(C)nn(C)c2Cl)s1. The molecule has 23 heavy (non-hydrogen) atoms. The number of aryl methyl sites for hydroxylation is 3. The molecule has 2 rings (SSSR count). The Bertz CT molecular complexity index is 707. The number of carbonyl (C=O) groups excluding carboxylic acids is 1. The molecule has 0 unspecified atom stereocenters. The molecule has 1 amide bonds. The monoisotopic (exact) mass is 353 g/mol. The second-order valence-electron chi connectivity index (χ2n) is 5.19. The Labute approximate surface area is 144 Å². The highest BCUT2D eigenvalue weighted by atomic mass is 35.5. The Morgan fingerprint density at radius 2 is 2.17 bits per heavy atom. The van der Waals surface area contributed by atoms with Gasteiger partial charge in [-0.3, -0.25) is 14.8 Å². The predicted octanol–water partition coefficient (Wildman–Crippen LogP) is 3.62. The molecule has 0 aliphatic carbocycles. The van der Waals surface area contributed by atoms with Gasteiger partial charge >= 0.3 is 0 Å². The van der Waals surface area contributed by atoms with E-state index in [2.05, 4.69) is 27.5 Å². The third-order valence-corrected chi connectivity index (χ3v) is 4.64. The summed E-state index contributed by atoms with van der Waals surface area (Å²) < 4.78 is 1.57. The minimum Gasteiger partial charge on any atom is -0.297 e. The molecule has 0 fully saturated rings. The molecule has 0 aliphatic heterocycles. The molecule has 8 heteroatoms. The van der Waals surface area contributed by atoms with E-state index in [9.17, 15) is 4.79 Å². The number of nitrogens with one attached hydrogen (secondary N) is 1. The molecule has 0 radical (unpaired) electrons. The Balaban J connectivity index is 1.93. The fourth-order valence-corrected chi connectivity index (χ4v) is 3.10. The smallest absolute Gasteiger partial charge is 0.250 e. The van der Waals surface area contributed by atoms with Crippen LogP contribution in [0.15, 0.2) is 6.08 Å². The normalized spacial score (nSPS) is 11.3. The molecule has 124 valence electrons. The summed E-state index contributed by atoms with van der Waals surface area (Å²) in [5.41, 5.74) is 1.51. The molecular formula is C15H20ClN5OS. The lowest BCUT2D eigenvalue weighted by atomic mass is 10.2. The summed E-state index contributed by atoms with van der Waals surface area (Å²) in [5, 5.41) is 16.9. The molecule has 2 heterocycles. The summed E-state index contributed by atoms with van der Waals surface area (Å²) in [6.45, 7) is 4.01. The Hall–Kier alpha value is -1.73. The molecule has 0 bridgehead atoms. The third-order valence-electron chi connectivity index (χ3n) is 3.29. The number of hydrogen-bond acceptors (Lipinski definition) is 5. The van der Waals surface area contributed by atoms with Crippen LogP contribution in [-0.2, 0) is 18.3 Å². The maximum absolute atomic E-state index is 12.0. The summed E-state index contributed by atoms with van der Waals surface area (Å²) in [7, 11) is 1.76. The highest BCUT2D eigenvalue weighted by molar-refractivity contribution is 7.15. The average molecular weight is 354 g/mol. The zero-order valence-electron chi connectivity index (χ0n) is 13.5. The Kier molecular flexibility index (Phi) is 6.29. The molecule has 0 aromatic carbocycles. The summed E-state index contributed by atoms with van der Waals surface area (Å²) in [6, 6.07) is 0. The van der Waals surface area contributed by atoms with E-state index in [0.717, 1.165) is 29.1 Å². The van der Waals surface area contributed by atoms with Gasteiger partial charge in [-0.25, -0.2) is 0 Å². The standard InChI is InChI=1S/C15H20ClN5OS/c1-4-5-6-7-13-18-19-15(23-13)17-12(22)9-8-11-10(2)20-21(3)14(11)16/h8-9H,4-7H2,1-3H3,(H,17,19,22)/b9-8+. The molecule has 1 N–H and O–H groups in total. The second kappa shape index (κ2) is 8.21.